The lowest BCUT2D eigenvalue weighted by Gasteiger charge is -2.29. The standard InChI is InChI=1S/C21H26N2O2/c1-17-9-5-6-12-19(17)20(23-13-7-8-14-23)15-22-21(24)16-25-18-10-3-2-4-11-18/h2-6,9-12,20H,7-8,13-16H2,1H3,(H,22,24). The quantitative estimate of drug-likeness (QED) is 0.842. The van der Waals surface area contributed by atoms with E-state index in [0.717, 1.165) is 13.1 Å². The Balaban J connectivity index is 1.59. The molecule has 0 saturated carbocycles. The predicted octanol–water partition coefficient (Wildman–Crippen LogP) is 3.33. The Morgan fingerprint density at radius 2 is 1.76 bits per heavy atom. The maximum Gasteiger partial charge on any atom is 0.258 e. The van der Waals surface area contributed by atoms with Crippen molar-refractivity contribution in [1.29, 1.82) is 0 Å². The highest BCUT2D eigenvalue weighted by atomic mass is 16.5. The van der Waals surface area contributed by atoms with Crippen molar-refractivity contribution in [2.45, 2.75) is 25.8 Å². The maximum atomic E-state index is 12.2. The monoisotopic (exact) mass is 338 g/mol. The van der Waals surface area contributed by atoms with E-state index in [-0.39, 0.29) is 18.6 Å². The molecule has 3 rings (SSSR count). The Hall–Kier alpha value is -2.33. The fraction of sp³-hybridized carbons (Fsp3) is 0.381. The van der Waals surface area contributed by atoms with E-state index in [1.165, 1.54) is 24.0 Å². The van der Waals surface area contributed by atoms with E-state index in [2.05, 4.69) is 41.4 Å². The number of ether oxygens (including phenoxy) is 1. The van der Waals surface area contributed by atoms with Gasteiger partial charge in [0.2, 0.25) is 0 Å². The van der Waals surface area contributed by atoms with E-state index in [4.69, 9.17) is 4.74 Å². The zero-order valence-corrected chi connectivity index (χ0v) is 14.8. The number of carbonyl (C=O) groups excluding carboxylic acids is 1. The number of nitrogens with zero attached hydrogens (tertiary/aromatic N) is 1. The average molecular weight is 338 g/mol. The topological polar surface area (TPSA) is 41.6 Å². The van der Waals surface area contributed by atoms with Crippen molar-refractivity contribution in [3.8, 4) is 5.75 Å². The highest BCUT2D eigenvalue weighted by Crippen LogP contribution is 2.26. The van der Waals surface area contributed by atoms with Crippen LogP contribution in [0.15, 0.2) is 54.6 Å². The second kappa shape index (κ2) is 8.67. The molecular formula is C21H26N2O2. The molecule has 4 nitrogen and oxygen atoms in total. The number of nitrogens with one attached hydrogen (secondary N) is 1. The van der Waals surface area contributed by atoms with Gasteiger partial charge in [-0.1, -0.05) is 42.5 Å². The van der Waals surface area contributed by atoms with E-state index in [9.17, 15) is 4.79 Å². The van der Waals surface area contributed by atoms with Gasteiger partial charge in [0.1, 0.15) is 5.75 Å². The van der Waals surface area contributed by atoms with Crippen LogP contribution in [0, 0.1) is 6.92 Å². The number of amides is 1. The summed E-state index contributed by atoms with van der Waals surface area (Å²) >= 11 is 0. The molecule has 1 atom stereocenters. The summed E-state index contributed by atoms with van der Waals surface area (Å²) in [6, 6.07) is 18.1. The molecule has 1 amide bonds. The van der Waals surface area contributed by atoms with Crippen molar-refractivity contribution in [3.63, 3.8) is 0 Å². The number of hydrogen-bond acceptors (Lipinski definition) is 3. The minimum atomic E-state index is -0.0818. The molecule has 0 spiro atoms. The van der Waals surface area contributed by atoms with Crippen LogP contribution in [-0.4, -0.2) is 37.0 Å². The Morgan fingerprint density at radius 1 is 1.08 bits per heavy atom. The van der Waals surface area contributed by atoms with Crippen molar-refractivity contribution < 1.29 is 9.53 Å². The third-order valence-corrected chi connectivity index (χ3v) is 4.73. The smallest absolute Gasteiger partial charge is 0.258 e. The Bertz CT molecular complexity index is 681. The number of benzene rings is 2. The van der Waals surface area contributed by atoms with Crippen molar-refractivity contribution in [1.82, 2.24) is 10.2 Å². The average Bonchev–Trinajstić information content (AvgIpc) is 3.17. The molecule has 1 aliphatic heterocycles. The van der Waals surface area contributed by atoms with Crippen LogP contribution in [0.25, 0.3) is 0 Å². The van der Waals surface area contributed by atoms with Crippen molar-refractivity contribution in [2.75, 3.05) is 26.2 Å². The summed E-state index contributed by atoms with van der Waals surface area (Å²) in [5.74, 6) is 0.634. The fourth-order valence-electron chi connectivity index (χ4n) is 3.38. The van der Waals surface area contributed by atoms with Crippen LogP contribution < -0.4 is 10.1 Å². The van der Waals surface area contributed by atoms with Crippen LogP contribution in [-0.2, 0) is 4.79 Å². The first kappa shape index (κ1) is 17.5. The number of hydrogen-bond donors (Lipinski definition) is 1. The molecule has 132 valence electrons. The first-order valence-electron chi connectivity index (χ1n) is 8.98. The van der Waals surface area contributed by atoms with Gasteiger partial charge in [0.05, 0.1) is 6.04 Å². The number of rotatable bonds is 7. The molecule has 0 bridgehead atoms. The van der Waals surface area contributed by atoms with E-state index in [1.54, 1.807) is 0 Å². The molecule has 2 aromatic carbocycles. The Labute approximate surface area is 149 Å². The van der Waals surface area contributed by atoms with Crippen molar-refractivity contribution in [3.05, 3.63) is 65.7 Å². The van der Waals surface area contributed by atoms with E-state index in [1.807, 2.05) is 30.3 Å². The first-order valence-corrected chi connectivity index (χ1v) is 8.98. The number of carbonyl (C=O) groups is 1. The Kier molecular flexibility index (Phi) is 6.07. The second-order valence-electron chi connectivity index (χ2n) is 6.52. The minimum absolute atomic E-state index is 0.0461. The highest BCUT2D eigenvalue weighted by Gasteiger charge is 2.24. The summed E-state index contributed by atoms with van der Waals surface area (Å²) in [6.45, 7) is 4.98. The van der Waals surface area contributed by atoms with Gasteiger partial charge in [-0.25, -0.2) is 0 Å². The summed E-state index contributed by atoms with van der Waals surface area (Å²) in [6.07, 6.45) is 2.46. The van der Waals surface area contributed by atoms with Gasteiger partial charge in [0.25, 0.3) is 5.91 Å². The summed E-state index contributed by atoms with van der Waals surface area (Å²) in [7, 11) is 0. The SMILES string of the molecule is Cc1ccccc1C(CNC(=O)COc1ccccc1)N1CCCC1. The molecule has 1 aliphatic rings. The van der Waals surface area contributed by atoms with E-state index < -0.39 is 0 Å². The lowest BCUT2D eigenvalue weighted by atomic mass is 10.00. The zero-order valence-electron chi connectivity index (χ0n) is 14.8. The van der Waals surface area contributed by atoms with E-state index >= 15 is 0 Å². The third-order valence-electron chi connectivity index (χ3n) is 4.73. The van der Waals surface area contributed by atoms with Crippen LogP contribution >= 0.6 is 0 Å². The third kappa shape index (κ3) is 4.83. The molecule has 2 aromatic rings. The van der Waals surface area contributed by atoms with Gasteiger partial charge in [0.15, 0.2) is 6.61 Å². The molecule has 0 aromatic heterocycles. The number of likely N-dealkylation sites (tertiary alicyclic amines) is 1. The molecule has 1 unspecified atom stereocenters. The fourth-order valence-corrected chi connectivity index (χ4v) is 3.38. The molecule has 1 heterocycles. The number of para-hydroxylation sites is 1. The van der Waals surface area contributed by atoms with Gasteiger partial charge in [0, 0.05) is 6.54 Å². The van der Waals surface area contributed by atoms with Gasteiger partial charge in [-0.05, 0) is 56.1 Å². The second-order valence-corrected chi connectivity index (χ2v) is 6.52. The molecule has 1 fully saturated rings. The summed E-state index contributed by atoms with van der Waals surface area (Å²) in [5, 5.41) is 3.05. The Morgan fingerprint density at radius 3 is 2.48 bits per heavy atom. The summed E-state index contributed by atoms with van der Waals surface area (Å²) < 4.78 is 5.53. The lowest BCUT2D eigenvalue weighted by molar-refractivity contribution is -0.123. The van der Waals surface area contributed by atoms with E-state index in [0.29, 0.717) is 12.3 Å². The molecule has 1 N–H and O–H groups in total. The van der Waals surface area contributed by atoms with Crippen molar-refractivity contribution in [2.24, 2.45) is 0 Å². The predicted molar refractivity (Wildman–Crippen MR) is 99.7 cm³/mol. The lowest BCUT2D eigenvalue weighted by Crippen LogP contribution is -2.38. The molecular weight excluding hydrogens is 312 g/mol. The molecule has 0 radical (unpaired) electrons. The van der Waals surface area contributed by atoms with Gasteiger partial charge in [-0.15, -0.1) is 0 Å². The largest absolute Gasteiger partial charge is 0.484 e. The van der Waals surface area contributed by atoms with Gasteiger partial charge in [-0.2, -0.15) is 0 Å². The maximum absolute atomic E-state index is 12.2. The van der Waals surface area contributed by atoms with Crippen molar-refractivity contribution >= 4 is 5.91 Å². The molecule has 4 heteroatoms. The van der Waals surface area contributed by atoms with Gasteiger partial charge >= 0.3 is 0 Å². The highest BCUT2D eigenvalue weighted by molar-refractivity contribution is 5.77. The molecule has 1 saturated heterocycles. The minimum Gasteiger partial charge on any atom is -0.484 e. The van der Waals surface area contributed by atoms with Crippen LogP contribution in [0.4, 0.5) is 0 Å². The van der Waals surface area contributed by atoms with Gasteiger partial charge < -0.3 is 10.1 Å². The number of aryl methyl sites for hydroxylation is 1. The summed E-state index contributed by atoms with van der Waals surface area (Å²) in [4.78, 5) is 14.7. The van der Waals surface area contributed by atoms with Crippen LogP contribution in [0.5, 0.6) is 5.75 Å². The first-order chi connectivity index (χ1) is 12.2. The van der Waals surface area contributed by atoms with Gasteiger partial charge in [-0.3, -0.25) is 9.69 Å². The molecule has 0 aliphatic carbocycles. The van der Waals surface area contributed by atoms with Crippen LogP contribution in [0.3, 0.4) is 0 Å². The molecule has 25 heavy (non-hydrogen) atoms. The normalized spacial score (nSPS) is 15.7. The zero-order chi connectivity index (χ0) is 17.5. The summed E-state index contributed by atoms with van der Waals surface area (Å²) in [5.41, 5.74) is 2.57. The van der Waals surface area contributed by atoms with Crippen LogP contribution in [0.2, 0.25) is 0 Å². The van der Waals surface area contributed by atoms with Crippen LogP contribution in [0.1, 0.15) is 30.0 Å².